The van der Waals surface area contributed by atoms with Gasteiger partial charge in [-0.2, -0.15) is 0 Å². The number of hydrogen-bond acceptors (Lipinski definition) is 27. The van der Waals surface area contributed by atoms with Crippen molar-refractivity contribution >= 4 is 53.8 Å². The highest BCUT2D eigenvalue weighted by molar-refractivity contribution is 6.61. The summed E-state index contributed by atoms with van der Waals surface area (Å²) in [5.41, 5.74) is 10.7. The molecule has 0 fully saturated rings. The molecule has 0 rings (SSSR count). The van der Waals surface area contributed by atoms with Crippen LogP contribution >= 0.6 is 0 Å². The third kappa shape index (κ3) is 84.9. The van der Waals surface area contributed by atoms with Crippen LogP contribution in [0.25, 0.3) is 0 Å². The predicted molar refractivity (Wildman–Crippen MR) is 253 cm³/mol. The van der Waals surface area contributed by atoms with Gasteiger partial charge in [0.05, 0.1) is 0 Å². The maximum Gasteiger partial charge on any atom is 0.549 e. The zero-order chi connectivity index (χ0) is 55.6. The summed E-state index contributed by atoms with van der Waals surface area (Å²) in [6, 6.07) is 3.20. The van der Waals surface area contributed by atoms with Crippen molar-refractivity contribution in [2.75, 3.05) is 162 Å². The predicted octanol–water partition coefficient (Wildman–Crippen LogP) is -2.56. The van der Waals surface area contributed by atoms with Crippen LogP contribution in [0.3, 0.4) is 0 Å². The van der Waals surface area contributed by atoms with E-state index >= 15 is 0 Å². The second-order valence-electron chi connectivity index (χ2n) is 7.84. The van der Waals surface area contributed by atoms with Gasteiger partial charge < -0.3 is 111 Å². The van der Waals surface area contributed by atoms with Crippen molar-refractivity contribution in [3.8, 4) is 0 Å². The van der Waals surface area contributed by atoms with Crippen LogP contribution in [0, 0.1) is 0 Å². The fourth-order valence-corrected chi connectivity index (χ4v) is 9.35. The Hall–Kier alpha value is -0.419. The lowest BCUT2D eigenvalue weighted by Gasteiger charge is -2.23. The van der Waals surface area contributed by atoms with Crippen molar-refractivity contribution in [3.05, 3.63) is 0 Å². The smallest absolute Gasteiger partial charge is 0.400 e. The van der Waals surface area contributed by atoms with Gasteiger partial charge in [-0.3, -0.25) is 17.8 Å². The first-order chi connectivity index (χ1) is 30.8. The molecular formula is C31H98N2O25Si6. The van der Waals surface area contributed by atoms with Gasteiger partial charge in [0.25, 0.3) is 0 Å². The minimum atomic E-state index is -2.32. The molecule has 0 bridgehead atoms. The summed E-state index contributed by atoms with van der Waals surface area (Å²) in [5.74, 6) is 0. The van der Waals surface area contributed by atoms with Gasteiger partial charge in [0.2, 0.25) is 0 Å². The van der Waals surface area contributed by atoms with E-state index in [1.54, 1.807) is 85.3 Å². The van der Waals surface area contributed by atoms with E-state index in [1.807, 2.05) is 13.8 Å². The SMILES string of the molecule is CC[Si](OC)(OC)OC.CC[Si](OC)(OC)OC.CO.CO.CO.CO.CO.CO.CO.CO.CO.CO[Si](CCCN)(OC)OC.CO[Si](CCCN)(OC)OC.O=[Si]=O.O=[Si]=O. The average Bonchev–Trinajstić information content (AvgIpc) is 3.41. The van der Waals surface area contributed by atoms with Gasteiger partial charge in [-0.1, -0.05) is 13.8 Å². The fourth-order valence-electron chi connectivity index (χ4n) is 3.12. The molecule has 0 aliphatic heterocycles. The summed E-state index contributed by atoms with van der Waals surface area (Å²) in [7, 11) is 16.5. The molecule has 0 aromatic heterocycles. The van der Waals surface area contributed by atoms with Crippen molar-refractivity contribution < 1.29 is 117 Å². The Balaban J connectivity index is -0.0000000331. The number of rotatable bonds is 20. The second-order valence-corrected chi connectivity index (χ2v) is 21.0. The molecule has 0 amide bonds. The zero-order valence-electron chi connectivity index (χ0n) is 43.4. The summed E-state index contributed by atoms with van der Waals surface area (Å²) < 4.78 is 95.2. The normalized spacial score (nSPS) is 8.59. The minimum Gasteiger partial charge on any atom is -0.400 e. The first-order valence-electron chi connectivity index (χ1n) is 17.8. The third-order valence-corrected chi connectivity index (χ3v) is 17.1. The molecule has 0 atom stereocenters. The Labute approximate surface area is 394 Å². The topological polar surface area (TPSA) is 413 Å². The average molecular weight is 1070 g/mol. The molecule has 0 saturated heterocycles. The monoisotopic (exact) mass is 1070 g/mol. The summed E-state index contributed by atoms with van der Waals surface area (Å²) in [4.78, 5) is 0. The summed E-state index contributed by atoms with van der Waals surface area (Å²) in [5, 5.41) is 63.0. The third-order valence-electron chi connectivity index (χ3n) is 5.97. The molecule has 0 radical (unpaired) electrons. The lowest BCUT2D eigenvalue weighted by atomic mass is 10.5. The summed E-state index contributed by atoms with van der Waals surface area (Å²) in [6.45, 7) is 5.26. The number of hydrogen-bond donors (Lipinski definition) is 11. The van der Waals surface area contributed by atoms with Crippen LogP contribution in [0.5, 0.6) is 0 Å². The van der Waals surface area contributed by atoms with Gasteiger partial charge in [0, 0.05) is 173 Å². The van der Waals surface area contributed by atoms with Crippen LogP contribution in [0.2, 0.25) is 24.2 Å². The largest absolute Gasteiger partial charge is 0.549 e. The van der Waals surface area contributed by atoms with Gasteiger partial charge >= 0.3 is 53.8 Å². The molecule has 13 N–H and O–H groups in total. The van der Waals surface area contributed by atoms with E-state index in [2.05, 4.69) is 0 Å². The number of aliphatic hydroxyl groups is 9. The number of nitrogens with two attached hydrogens (primary N) is 2. The van der Waals surface area contributed by atoms with Crippen molar-refractivity contribution in [1.29, 1.82) is 0 Å². The Morgan fingerprint density at radius 3 is 0.469 bits per heavy atom. The van der Waals surface area contributed by atoms with E-state index in [4.69, 9.17) is 128 Å². The molecule has 33 heteroatoms. The van der Waals surface area contributed by atoms with Crippen LogP contribution in [0.1, 0.15) is 26.7 Å². The fraction of sp³-hybridized carbons (Fsp3) is 1.00. The standard InChI is InChI=1S/2C6H17NO3Si.2C5H14O3Si.9CH4O.2O2Si/c2*1-8-11(9-2,10-3)6-4-5-7;2*1-5-9(6-2,7-3)8-4;9*1-2;2*1-3-2/h2*4-7H2,1-3H3;2*5H2,1-4H3;9*2H,1H3;;. The lowest BCUT2D eigenvalue weighted by Crippen LogP contribution is -2.42. The Morgan fingerprint density at radius 2 is 0.422 bits per heavy atom. The molecule has 0 heterocycles. The first-order valence-corrected chi connectivity index (χ1v) is 27.2. The van der Waals surface area contributed by atoms with Crippen molar-refractivity contribution in [2.45, 2.75) is 50.9 Å². The van der Waals surface area contributed by atoms with E-state index < -0.39 is 53.8 Å². The van der Waals surface area contributed by atoms with E-state index in [0.717, 1.165) is 101 Å². The second kappa shape index (κ2) is 114. The van der Waals surface area contributed by atoms with Crippen LogP contribution in [0.15, 0.2) is 0 Å². The van der Waals surface area contributed by atoms with Crippen molar-refractivity contribution in [3.63, 3.8) is 0 Å². The van der Waals surface area contributed by atoms with Crippen molar-refractivity contribution in [2.24, 2.45) is 11.5 Å². The molecule has 27 nitrogen and oxygen atoms in total. The molecule has 0 unspecified atom stereocenters. The van der Waals surface area contributed by atoms with E-state index in [-0.39, 0.29) is 0 Å². The van der Waals surface area contributed by atoms with Gasteiger partial charge in [0.15, 0.2) is 0 Å². The molecule has 0 spiro atoms. The van der Waals surface area contributed by atoms with Crippen LogP contribution in [-0.2, 0) is 71.0 Å². The maximum absolute atomic E-state index is 8.40. The maximum atomic E-state index is 8.40. The Bertz CT molecular complexity index is 596. The summed E-state index contributed by atoms with van der Waals surface area (Å²) in [6.07, 6.45) is 1.75. The van der Waals surface area contributed by atoms with Gasteiger partial charge in [-0.25, -0.2) is 0 Å². The van der Waals surface area contributed by atoms with E-state index in [1.165, 1.54) is 0 Å². The first kappa shape index (κ1) is 106. The molecule has 0 aliphatic carbocycles. The molecule has 0 aliphatic rings. The zero-order valence-corrected chi connectivity index (χ0v) is 49.4. The van der Waals surface area contributed by atoms with E-state index in [9.17, 15) is 0 Å². The molecule has 0 saturated carbocycles. The lowest BCUT2D eigenvalue weighted by molar-refractivity contribution is 0.122. The molecule has 0 aromatic rings. The molecular weight excluding hydrogens is 969 g/mol. The molecule has 406 valence electrons. The highest BCUT2D eigenvalue weighted by Crippen LogP contribution is 2.15. The Morgan fingerprint density at radius 1 is 0.312 bits per heavy atom. The minimum absolute atomic E-state index is 0.644. The highest BCUT2D eigenvalue weighted by atomic mass is 28.4. The van der Waals surface area contributed by atoms with Gasteiger partial charge in [-0.15, -0.1) is 0 Å². The molecule has 0 aromatic carbocycles. The van der Waals surface area contributed by atoms with E-state index in [0.29, 0.717) is 13.1 Å². The summed E-state index contributed by atoms with van der Waals surface area (Å²) >= 11 is 0. The van der Waals surface area contributed by atoms with Crippen LogP contribution < -0.4 is 11.5 Å². The highest BCUT2D eigenvalue weighted by Gasteiger charge is 2.37. The van der Waals surface area contributed by atoms with Gasteiger partial charge in [0.1, 0.15) is 0 Å². The van der Waals surface area contributed by atoms with Crippen molar-refractivity contribution in [1.82, 2.24) is 0 Å². The number of aliphatic hydroxyl groups excluding tert-OH is 9. The van der Waals surface area contributed by atoms with Crippen LogP contribution in [0.4, 0.5) is 0 Å². The quantitative estimate of drug-likeness (QED) is 0.0559. The van der Waals surface area contributed by atoms with Gasteiger partial charge in [-0.05, 0) is 25.9 Å². The Kier molecular flexibility index (Phi) is 188. The molecule has 64 heavy (non-hydrogen) atoms. The van der Waals surface area contributed by atoms with Crippen LogP contribution in [-0.4, -0.2) is 262 Å².